The Morgan fingerprint density at radius 2 is 2.31 bits per heavy atom. The average molecular weight is 214 g/mol. The van der Waals surface area contributed by atoms with Crippen LogP contribution in [0.1, 0.15) is 6.92 Å². The molecule has 0 amide bonds. The molecule has 0 aromatic carbocycles. The lowest BCUT2D eigenvalue weighted by Gasteiger charge is -1.92. The lowest BCUT2D eigenvalue weighted by atomic mass is 10.4. The van der Waals surface area contributed by atoms with Gasteiger partial charge >= 0.3 is 0 Å². The summed E-state index contributed by atoms with van der Waals surface area (Å²) in [7, 11) is -3.23. The summed E-state index contributed by atoms with van der Waals surface area (Å²) in [4.78, 5) is 0. The summed E-state index contributed by atoms with van der Waals surface area (Å²) in [6.45, 7) is 5.34. The highest BCUT2D eigenvalue weighted by atomic mass is 32.2. The fraction of sp³-hybridized carbons (Fsp3) is 0.111. The topological polar surface area (TPSA) is 34.1 Å². The summed E-state index contributed by atoms with van der Waals surface area (Å²) in [5.74, 6) is 0. The van der Waals surface area contributed by atoms with Gasteiger partial charge in [-0.15, -0.1) is 11.3 Å². The zero-order chi connectivity index (χ0) is 9.90. The molecular weight excluding hydrogens is 204 g/mol. The number of rotatable bonds is 3. The van der Waals surface area contributed by atoms with E-state index in [1.54, 1.807) is 24.4 Å². The van der Waals surface area contributed by atoms with Crippen LogP contribution < -0.4 is 0 Å². The molecule has 0 bridgehead atoms. The summed E-state index contributed by atoms with van der Waals surface area (Å²) < 4.78 is 23.3. The number of hydrogen-bond donors (Lipinski definition) is 0. The van der Waals surface area contributed by atoms with Crippen molar-refractivity contribution in [2.45, 2.75) is 11.1 Å². The first-order valence-electron chi connectivity index (χ1n) is 3.64. The van der Waals surface area contributed by atoms with Crippen molar-refractivity contribution in [2.24, 2.45) is 0 Å². The molecule has 13 heavy (non-hydrogen) atoms. The fourth-order valence-corrected chi connectivity index (χ4v) is 2.83. The molecule has 2 nitrogen and oxygen atoms in total. The maximum absolute atomic E-state index is 11.5. The van der Waals surface area contributed by atoms with Crippen LogP contribution in [0.3, 0.4) is 0 Å². The molecule has 0 aliphatic rings. The van der Waals surface area contributed by atoms with E-state index in [0.717, 1.165) is 5.57 Å². The highest BCUT2D eigenvalue weighted by Gasteiger charge is 2.09. The summed E-state index contributed by atoms with van der Waals surface area (Å²) in [5.41, 5.74) is 0.722. The Morgan fingerprint density at radius 3 is 2.77 bits per heavy atom. The van der Waals surface area contributed by atoms with Gasteiger partial charge in [-0.3, -0.25) is 0 Å². The average Bonchev–Trinajstić information content (AvgIpc) is 2.53. The molecule has 0 aliphatic heterocycles. The molecule has 1 rings (SSSR count). The van der Waals surface area contributed by atoms with Crippen LogP contribution in [0.4, 0.5) is 0 Å². The maximum atomic E-state index is 11.5. The molecule has 0 N–H and O–H groups in total. The van der Waals surface area contributed by atoms with E-state index in [1.165, 1.54) is 22.8 Å². The summed E-state index contributed by atoms with van der Waals surface area (Å²) in [6.07, 6.45) is 1.50. The second-order valence-electron chi connectivity index (χ2n) is 2.63. The SMILES string of the molecule is C=C(C)/C=C/S(=O)(=O)c1cccs1. The van der Waals surface area contributed by atoms with Gasteiger partial charge in [-0.05, 0) is 24.4 Å². The van der Waals surface area contributed by atoms with E-state index in [-0.39, 0.29) is 0 Å². The van der Waals surface area contributed by atoms with Crippen molar-refractivity contribution in [2.75, 3.05) is 0 Å². The molecule has 0 radical (unpaired) electrons. The quantitative estimate of drug-likeness (QED) is 0.725. The van der Waals surface area contributed by atoms with Gasteiger partial charge in [0.2, 0.25) is 9.84 Å². The molecule has 0 saturated heterocycles. The monoisotopic (exact) mass is 214 g/mol. The van der Waals surface area contributed by atoms with Crippen molar-refractivity contribution in [3.05, 3.63) is 41.1 Å². The molecule has 1 aromatic heterocycles. The molecule has 0 fully saturated rings. The van der Waals surface area contributed by atoms with Crippen molar-refractivity contribution in [1.82, 2.24) is 0 Å². The second kappa shape index (κ2) is 3.89. The molecule has 0 aliphatic carbocycles. The van der Waals surface area contributed by atoms with E-state index >= 15 is 0 Å². The van der Waals surface area contributed by atoms with E-state index < -0.39 is 9.84 Å². The first-order chi connectivity index (χ1) is 6.02. The van der Waals surface area contributed by atoms with Crippen LogP contribution in [0, 0.1) is 0 Å². The van der Waals surface area contributed by atoms with Crippen LogP contribution in [0.15, 0.2) is 45.4 Å². The minimum Gasteiger partial charge on any atom is -0.218 e. The minimum absolute atomic E-state index is 0.366. The largest absolute Gasteiger partial charge is 0.218 e. The highest BCUT2D eigenvalue weighted by Crippen LogP contribution is 2.18. The van der Waals surface area contributed by atoms with Gasteiger partial charge in [-0.25, -0.2) is 8.42 Å². The third-order valence-corrected chi connectivity index (χ3v) is 4.15. The van der Waals surface area contributed by atoms with E-state index in [1.807, 2.05) is 0 Å². The molecule has 0 atom stereocenters. The van der Waals surface area contributed by atoms with Crippen molar-refractivity contribution < 1.29 is 8.42 Å². The van der Waals surface area contributed by atoms with Crippen molar-refractivity contribution >= 4 is 21.2 Å². The normalized spacial score (nSPS) is 12.1. The minimum atomic E-state index is -3.23. The molecule has 0 spiro atoms. The van der Waals surface area contributed by atoms with E-state index in [9.17, 15) is 8.42 Å². The van der Waals surface area contributed by atoms with Crippen molar-refractivity contribution in [3.63, 3.8) is 0 Å². The fourth-order valence-electron chi connectivity index (χ4n) is 0.698. The van der Waals surface area contributed by atoms with Gasteiger partial charge in [-0.1, -0.05) is 18.2 Å². The zero-order valence-electron chi connectivity index (χ0n) is 7.23. The van der Waals surface area contributed by atoms with Crippen LogP contribution in [-0.4, -0.2) is 8.42 Å². The van der Waals surface area contributed by atoms with Gasteiger partial charge < -0.3 is 0 Å². The Hall–Kier alpha value is -0.870. The predicted molar refractivity (Wildman–Crippen MR) is 55.5 cm³/mol. The van der Waals surface area contributed by atoms with Crippen LogP contribution >= 0.6 is 11.3 Å². The molecule has 1 heterocycles. The van der Waals surface area contributed by atoms with Gasteiger partial charge in [0.15, 0.2) is 0 Å². The Morgan fingerprint density at radius 1 is 1.62 bits per heavy atom. The van der Waals surface area contributed by atoms with Gasteiger partial charge in [0.05, 0.1) is 0 Å². The molecule has 70 valence electrons. The standard InChI is InChI=1S/C9H10O2S2/c1-8(2)5-7-13(10,11)9-4-3-6-12-9/h3-7H,1H2,2H3/b7-5+. The Bertz CT molecular complexity index is 410. The highest BCUT2D eigenvalue weighted by molar-refractivity contribution is 7.96. The van der Waals surface area contributed by atoms with E-state index in [0.29, 0.717) is 4.21 Å². The van der Waals surface area contributed by atoms with Gasteiger partial charge in [-0.2, -0.15) is 0 Å². The Kier molecular flexibility index (Phi) is 3.06. The van der Waals surface area contributed by atoms with E-state index in [4.69, 9.17) is 0 Å². The number of sulfone groups is 1. The number of thiophene rings is 1. The van der Waals surface area contributed by atoms with Crippen LogP contribution in [0.5, 0.6) is 0 Å². The van der Waals surface area contributed by atoms with Crippen molar-refractivity contribution in [3.8, 4) is 0 Å². The molecule has 0 saturated carbocycles. The van der Waals surface area contributed by atoms with Crippen molar-refractivity contribution in [1.29, 1.82) is 0 Å². The van der Waals surface area contributed by atoms with Crippen LogP contribution in [0.25, 0.3) is 0 Å². The lowest BCUT2D eigenvalue weighted by molar-refractivity contribution is 0.606. The number of allylic oxidation sites excluding steroid dienone is 2. The Labute approximate surface area is 82.1 Å². The Balaban J connectivity index is 2.98. The predicted octanol–water partition coefficient (Wildman–Crippen LogP) is 2.61. The van der Waals surface area contributed by atoms with E-state index in [2.05, 4.69) is 6.58 Å². The summed E-state index contributed by atoms with van der Waals surface area (Å²) >= 11 is 1.21. The summed E-state index contributed by atoms with van der Waals surface area (Å²) in [5, 5.41) is 2.92. The maximum Gasteiger partial charge on any atom is 0.209 e. The first kappa shape index (κ1) is 10.2. The third kappa shape index (κ3) is 2.82. The summed E-state index contributed by atoms with van der Waals surface area (Å²) in [6, 6.07) is 3.30. The van der Waals surface area contributed by atoms with Crippen LogP contribution in [-0.2, 0) is 9.84 Å². The van der Waals surface area contributed by atoms with Gasteiger partial charge in [0.25, 0.3) is 0 Å². The number of hydrogen-bond acceptors (Lipinski definition) is 3. The molecule has 4 heteroatoms. The zero-order valence-corrected chi connectivity index (χ0v) is 8.86. The molecule has 1 aromatic rings. The lowest BCUT2D eigenvalue weighted by Crippen LogP contribution is -1.91. The van der Waals surface area contributed by atoms with Gasteiger partial charge in [0.1, 0.15) is 4.21 Å². The molecular formula is C9H10O2S2. The molecule has 0 unspecified atom stereocenters. The van der Waals surface area contributed by atoms with Crippen LogP contribution in [0.2, 0.25) is 0 Å². The van der Waals surface area contributed by atoms with Gasteiger partial charge in [0, 0.05) is 5.41 Å². The first-order valence-corrected chi connectivity index (χ1v) is 6.07. The smallest absolute Gasteiger partial charge is 0.209 e. The third-order valence-electron chi connectivity index (χ3n) is 1.31. The second-order valence-corrected chi connectivity index (χ2v) is 5.63.